The third-order valence-corrected chi connectivity index (χ3v) is 0. The van der Waals surface area contributed by atoms with Crippen molar-refractivity contribution >= 4 is 9.12 Å². The first-order chi connectivity index (χ1) is 1.00. The van der Waals surface area contributed by atoms with Crippen molar-refractivity contribution < 1.29 is 14.0 Å². The summed E-state index contributed by atoms with van der Waals surface area (Å²) in [5, 5.41) is 0. The lowest BCUT2D eigenvalue weighted by Crippen LogP contribution is -0.489. The Kier molecular flexibility index (Phi) is 66900. The standard InChI is InChI=1S/2FH.HOP/c;;1-2/h2*1H;2H. The fourth-order valence-electron chi connectivity index (χ4n) is 0. The fourth-order valence-corrected chi connectivity index (χ4v) is 0. The summed E-state index contributed by atoms with van der Waals surface area (Å²) in [4.78, 5) is 0. The highest BCUT2D eigenvalue weighted by Crippen LogP contribution is 1.23. The molecular formula is H3F2OP. The maximum absolute atomic E-state index is 8.06. The molecule has 1 nitrogen and oxygen atoms in total. The zero-order valence-corrected chi connectivity index (χ0v) is 2.72. The zero-order valence-electron chi connectivity index (χ0n) is 1.72. The summed E-state index contributed by atoms with van der Waals surface area (Å²) in [6, 6.07) is 0. The van der Waals surface area contributed by atoms with Gasteiger partial charge in [0, 0.05) is 0 Å². The minimum Gasteiger partial charge on any atom is -0.279 e. The summed E-state index contributed by atoms with van der Waals surface area (Å²) < 4.78 is 8.06. The second-order valence-electron chi connectivity index (χ2n) is 0. The molecule has 0 N–H and O–H groups in total. The van der Waals surface area contributed by atoms with Crippen LogP contribution in [0.2, 0.25) is 0 Å². The van der Waals surface area contributed by atoms with Crippen LogP contribution in [-0.2, 0) is 4.57 Å². The summed E-state index contributed by atoms with van der Waals surface area (Å²) in [5.74, 6) is 0. The lowest BCUT2D eigenvalue weighted by atomic mass is 16.0. The van der Waals surface area contributed by atoms with Crippen LogP contribution in [-0.4, -0.2) is 0 Å². The highest BCUT2D eigenvalue weighted by Gasteiger charge is 0.667. The van der Waals surface area contributed by atoms with Crippen LogP contribution in [0.15, 0.2) is 0 Å². The monoisotopic (exact) mass is 88.0 g/mol. The van der Waals surface area contributed by atoms with Gasteiger partial charge in [-0.25, -0.2) is 0 Å². The molecule has 0 saturated carbocycles. The van der Waals surface area contributed by atoms with Crippen LogP contribution in [0.25, 0.3) is 0 Å². The number of halogens is 2. The molecule has 0 aliphatic carbocycles. The van der Waals surface area contributed by atoms with E-state index in [1.807, 2.05) is 0 Å². The number of rotatable bonds is 0. The Labute approximate surface area is 24.4 Å². The highest BCUT2D eigenvalue weighted by molar-refractivity contribution is 7.00. The molecule has 0 aliphatic rings. The van der Waals surface area contributed by atoms with Gasteiger partial charge in [-0.15, -0.1) is 0 Å². The van der Waals surface area contributed by atoms with Crippen LogP contribution in [0, 0.1) is 0 Å². The molecule has 0 aromatic carbocycles. The van der Waals surface area contributed by atoms with E-state index in [1.54, 1.807) is 9.12 Å². The molecule has 0 aromatic heterocycles. The first-order valence-corrected chi connectivity index (χ1v) is 0.612. The second kappa shape index (κ2) is 7110. The molecule has 0 aromatic rings. The molecule has 0 rings (SSSR count). The van der Waals surface area contributed by atoms with Crippen molar-refractivity contribution in [2.45, 2.75) is 0 Å². The van der Waals surface area contributed by atoms with Gasteiger partial charge in [-0.1, -0.05) is 0 Å². The summed E-state index contributed by atoms with van der Waals surface area (Å²) in [6.45, 7) is 0. The molecule has 0 aliphatic heterocycles. The predicted octanol–water partition coefficient (Wildman–Crippen LogP) is 0.780. The van der Waals surface area contributed by atoms with E-state index in [4.69, 9.17) is 4.57 Å². The van der Waals surface area contributed by atoms with E-state index in [9.17, 15) is 0 Å². The summed E-state index contributed by atoms with van der Waals surface area (Å²) in [5.41, 5.74) is 0. The molecule has 0 amide bonds. The molecule has 4 heteroatoms. The minimum absolute atomic E-state index is 0. The quantitative estimate of drug-likeness (QED) is 0.400. The smallest absolute Gasteiger partial charge is 0.138 e. The van der Waals surface area contributed by atoms with Crippen molar-refractivity contribution in [3.8, 4) is 0 Å². The van der Waals surface area contributed by atoms with Gasteiger partial charge >= 0.3 is 0 Å². The van der Waals surface area contributed by atoms with Crippen molar-refractivity contribution in [3.63, 3.8) is 0 Å². The van der Waals surface area contributed by atoms with Crippen LogP contribution in [0.5, 0.6) is 0 Å². The lowest BCUT2D eigenvalue weighted by Gasteiger charge is -0.807. The van der Waals surface area contributed by atoms with Crippen molar-refractivity contribution in [3.05, 3.63) is 0 Å². The SMILES string of the molecule is F.F.O=P. The third-order valence-electron chi connectivity index (χ3n) is 0. The first-order valence-electron chi connectivity index (χ1n) is 0.204. The molecule has 0 radical (unpaired) electrons. The van der Waals surface area contributed by atoms with E-state index in [0.29, 0.717) is 0 Å². The van der Waals surface area contributed by atoms with Gasteiger partial charge in [-0.3, -0.25) is 14.0 Å². The van der Waals surface area contributed by atoms with Gasteiger partial charge in [0.1, 0.15) is 9.12 Å². The topological polar surface area (TPSA) is 17.1 Å². The first kappa shape index (κ1) is 37.6. The van der Waals surface area contributed by atoms with Crippen molar-refractivity contribution in [2.24, 2.45) is 0 Å². The molecule has 4 heavy (non-hydrogen) atoms. The molecule has 0 heterocycles. The molecule has 0 atom stereocenters. The minimum atomic E-state index is 0. The van der Waals surface area contributed by atoms with Gasteiger partial charge in [-0.2, -0.15) is 0 Å². The van der Waals surface area contributed by atoms with E-state index in [-0.39, 0.29) is 9.41 Å². The van der Waals surface area contributed by atoms with Gasteiger partial charge < -0.3 is 0 Å². The Balaban J connectivity index is -0.00000000500. The van der Waals surface area contributed by atoms with E-state index in [1.165, 1.54) is 0 Å². The Morgan fingerprint density at radius 3 is 1.00 bits per heavy atom. The third kappa shape index (κ3) is 1130. The fraction of sp³-hybridized carbons (Fsp3) is 0. The van der Waals surface area contributed by atoms with E-state index in [2.05, 4.69) is 0 Å². The van der Waals surface area contributed by atoms with E-state index in [0.717, 1.165) is 0 Å². The number of hydrogen-bond donors (Lipinski definition) is 0. The van der Waals surface area contributed by atoms with E-state index >= 15 is 0 Å². The average Bonchev–Trinajstić information content (AvgIpc) is 1.00. The largest absolute Gasteiger partial charge is 0.279 e. The molecule has 0 unspecified atom stereocenters. The Morgan fingerprint density at radius 1 is 1.00 bits per heavy atom. The number of hydrogen-bond acceptors (Lipinski definition) is 1. The van der Waals surface area contributed by atoms with Gasteiger partial charge in [-0.05, 0) is 0 Å². The van der Waals surface area contributed by atoms with Crippen molar-refractivity contribution in [2.75, 3.05) is 0 Å². The van der Waals surface area contributed by atoms with Crippen molar-refractivity contribution in [1.82, 2.24) is 0 Å². The molecule has 0 fully saturated rings. The maximum Gasteiger partial charge on any atom is 0.138 e. The van der Waals surface area contributed by atoms with Gasteiger partial charge in [0.2, 0.25) is 0 Å². The normalized spacial score (nSPS) is 1.00. The molecule has 28 valence electrons. The Bertz CT molecular complexity index is 6.00. The summed E-state index contributed by atoms with van der Waals surface area (Å²) >= 11 is 0. The highest BCUT2D eigenvalue weighted by atomic mass is 31.0. The van der Waals surface area contributed by atoms with Crippen LogP contribution in [0.4, 0.5) is 9.41 Å². The van der Waals surface area contributed by atoms with E-state index < -0.39 is 0 Å². The Morgan fingerprint density at radius 2 is 1.00 bits per heavy atom. The average molecular weight is 88.0 g/mol. The van der Waals surface area contributed by atoms with Crippen LogP contribution in [0.1, 0.15) is 0 Å². The molecular weight excluding hydrogens is 85.0 g/mol. The lowest BCUT2D eigenvalue weighted by molar-refractivity contribution is 0.607. The van der Waals surface area contributed by atoms with Gasteiger partial charge in [0.25, 0.3) is 0 Å². The van der Waals surface area contributed by atoms with Crippen LogP contribution >= 0.6 is 9.12 Å². The zero-order chi connectivity index (χ0) is 2.00. The molecule has 0 saturated heterocycles. The summed E-state index contributed by atoms with van der Waals surface area (Å²) in [6.07, 6.45) is 0. The van der Waals surface area contributed by atoms with Gasteiger partial charge in [0.15, 0.2) is 0 Å². The second-order valence-corrected chi connectivity index (χ2v) is 0. The molecule has 0 bridgehead atoms. The predicted molar refractivity (Wildman–Crippen MR) is 14.0 cm³/mol. The van der Waals surface area contributed by atoms with Crippen molar-refractivity contribution in [1.29, 1.82) is 0 Å². The van der Waals surface area contributed by atoms with Crippen LogP contribution < -0.4 is 0 Å². The molecule has 0 spiro atoms. The summed E-state index contributed by atoms with van der Waals surface area (Å²) in [7, 11) is 1.72. The van der Waals surface area contributed by atoms with Gasteiger partial charge in [0.05, 0.1) is 0 Å². The Hall–Kier alpha value is -0.0400. The van der Waals surface area contributed by atoms with Crippen LogP contribution in [0.3, 0.4) is 0 Å². The maximum atomic E-state index is 8.06.